The first-order chi connectivity index (χ1) is 18.6. The second-order valence-electron chi connectivity index (χ2n) is 9.52. The number of urea groups is 1. The maximum absolute atomic E-state index is 13.5. The fourth-order valence-corrected chi connectivity index (χ4v) is 5.05. The van der Waals surface area contributed by atoms with Crippen LogP contribution in [-0.4, -0.2) is 69.5 Å². The van der Waals surface area contributed by atoms with E-state index in [2.05, 4.69) is 11.2 Å². The van der Waals surface area contributed by atoms with Gasteiger partial charge in [0.05, 0.1) is 25.2 Å². The number of nitrogens with zero attached hydrogens (tertiary/aromatic N) is 4. The quantitative estimate of drug-likeness (QED) is 0.545. The monoisotopic (exact) mass is 541 g/mol. The molecule has 2 atom stereocenters. The number of terminal acetylenes is 1. The van der Waals surface area contributed by atoms with Gasteiger partial charge in [0.1, 0.15) is 12.2 Å². The number of hydrogen-bond acceptors (Lipinski definition) is 4. The van der Waals surface area contributed by atoms with Crippen LogP contribution in [0.1, 0.15) is 36.5 Å². The third-order valence-electron chi connectivity index (χ3n) is 6.79. The lowest BCUT2D eigenvalue weighted by atomic mass is 10.0. The molecule has 2 aromatic rings. The molecule has 1 N–H and O–H groups in total. The summed E-state index contributed by atoms with van der Waals surface area (Å²) in [6, 6.07) is 12.7. The zero-order valence-electron chi connectivity index (χ0n) is 21.5. The number of nitrogens with one attached hydrogen (secondary N) is 1. The first-order valence-corrected chi connectivity index (χ1v) is 12.7. The molecule has 206 valence electrons. The standard InChI is InChI=1S/C28H30F3N5O3/c1-3-9-23-26(38)33(17-21-12-8-13-22(15-21)28(29,30)31)18-24-35(23)25(37)19-34(14-4-2)36(24)27(39)32-16-20-10-6-5-7-11-20/h2,5-8,10-13,15,23-24H,3,9,14,16-19H2,1H3,(H,32,39)/t23-,24-/m0/s1. The normalized spacial score (nSPS) is 20.0. The molecule has 2 heterocycles. The van der Waals surface area contributed by atoms with Crippen molar-refractivity contribution in [1.29, 1.82) is 0 Å². The highest BCUT2D eigenvalue weighted by molar-refractivity contribution is 5.91. The van der Waals surface area contributed by atoms with Gasteiger partial charge in [-0.05, 0) is 29.7 Å². The molecule has 39 heavy (non-hydrogen) atoms. The highest BCUT2D eigenvalue weighted by atomic mass is 19.4. The number of carbonyl (C=O) groups excluding carboxylic acids is 3. The zero-order chi connectivity index (χ0) is 28.2. The van der Waals surface area contributed by atoms with Crippen LogP contribution in [0, 0.1) is 12.3 Å². The van der Waals surface area contributed by atoms with E-state index in [1.165, 1.54) is 32.0 Å². The predicted molar refractivity (Wildman–Crippen MR) is 137 cm³/mol. The van der Waals surface area contributed by atoms with E-state index in [1.54, 1.807) is 0 Å². The fraction of sp³-hybridized carbons (Fsp3) is 0.393. The molecule has 0 unspecified atom stereocenters. The molecule has 4 rings (SSSR count). The SMILES string of the molecule is C#CCN1CC(=O)N2[C@@H](CCC)C(=O)N(Cc3cccc(C(F)(F)F)c3)C[C@@H]2N1C(=O)NCc1ccccc1. The van der Waals surface area contributed by atoms with Crippen LogP contribution in [-0.2, 0) is 28.9 Å². The molecule has 8 nitrogen and oxygen atoms in total. The lowest BCUT2D eigenvalue weighted by molar-refractivity contribution is -0.189. The second kappa shape index (κ2) is 11.8. The van der Waals surface area contributed by atoms with Crippen LogP contribution in [0.4, 0.5) is 18.0 Å². The van der Waals surface area contributed by atoms with Gasteiger partial charge in [-0.2, -0.15) is 18.2 Å². The number of fused-ring (bicyclic) bond motifs is 1. The number of piperazine rings is 1. The summed E-state index contributed by atoms with van der Waals surface area (Å²) in [5.74, 6) is 1.77. The third-order valence-corrected chi connectivity index (χ3v) is 6.79. The van der Waals surface area contributed by atoms with E-state index >= 15 is 0 Å². The van der Waals surface area contributed by atoms with E-state index in [-0.39, 0.29) is 44.5 Å². The minimum Gasteiger partial charge on any atom is -0.333 e. The van der Waals surface area contributed by atoms with Crippen molar-refractivity contribution >= 4 is 17.8 Å². The summed E-state index contributed by atoms with van der Waals surface area (Å²) in [6.45, 7) is 1.72. The largest absolute Gasteiger partial charge is 0.416 e. The number of rotatable bonds is 7. The summed E-state index contributed by atoms with van der Waals surface area (Å²) in [6.07, 6.45) is 1.06. The van der Waals surface area contributed by atoms with E-state index in [9.17, 15) is 27.6 Å². The lowest BCUT2D eigenvalue weighted by Gasteiger charge is -2.55. The van der Waals surface area contributed by atoms with Crippen molar-refractivity contribution < 1.29 is 27.6 Å². The van der Waals surface area contributed by atoms with Gasteiger partial charge in [0, 0.05) is 13.1 Å². The Hall–Kier alpha value is -4.04. The first kappa shape index (κ1) is 28.0. The van der Waals surface area contributed by atoms with Crippen molar-refractivity contribution in [3.63, 3.8) is 0 Å². The van der Waals surface area contributed by atoms with Gasteiger partial charge in [0.15, 0.2) is 0 Å². The number of amides is 4. The number of alkyl halides is 3. The van der Waals surface area contributed by atoms with Crippen molar-refractivity contribution in [3.05, 3.63) is 71.3 Å². The summed E-state index contributed by atoms with van der Waals surface area (Å²) in [7, 11) is 0. The van der Waals surface area contributed by atoms with Crippen LogP contribution < -0.4 is 5.32 Å². The Morgan fingerprint density at radius 3 is 2.49 bits per heavy atom. The summed E-state index contributed by atoms with van der Waals surface area (Å²) < 4.78 is 39.9. The Morgan fingerprint density at radius 2 is 1.82 bits per heavy atom. The van der Waals surface area contributed by atoms with Crippen LogP contribution in [0.15, 0.2) is 54.6 Å². The molecule has 0 spiro atoms. The van der Waals surface area contributed by atoms with Gasteiger partial charge in [0.25, 0.3) is 0 Å². The number of carbonyl (C=O) groups is 3. The minimum atomic E-state index is -4.53. The minimum absolute atomic E-state index is 0.0190. The van der Waals surface area contributed by atoms with Crippen molar-refractivity contribution in [3.8, 4) is 12.3 Å². The molecule has 2 aliphatic rings. The molecule has 2 aliphatic heterocycles. The number of halogens is 3. The smallest absolute Gasteiger partial charge is 0.333 e. The second-order valence-corrected chi connectivity index (χ2v) is 9.52. The summed E-state index contributed by atoms with van der Waals surface area (Å²) in [5, 5.41) is 5.70. The fourth-order valence-electron chi connectivity index (χ4n) is 5.05. The molecule has 0 aliphatic carbocycles. The van der Waals surface area contributed by atoms with E-state index in [4.69, 9.17) is 6.42 Å². The number of benzene rings is 2. The molecular weight excluding hydrogens is 511 g/mol. The average Bonchev–Trinajstić information content (AvgIpc) is 2.90. The maximum atomic E-state index is 13.5. The van der Waals surface area contributed by atoms with Gasteiger partial charge in [-0.15, -0.1) is 6.42 Å². The highest BCUT2D eigenvalue weighted by Crippen LogP contribution is 2.32. The van der Waals surface area contributed by atoms with Crippen LogP contribution in [0.25, 0.3) is 0 Å². The highest BCUT2D eigenvalue weighted by Gasteiger charge is 2.51. The van der Waals surface area contributed by atoms with Gasteiger partial charge in [-0.25, -0.2) is 9.80 Å². The summed E-state index contributed by atoms with van der Waals surface area (Å²) >= 11 is 0. The van der Waals surface area contributed by atoms with Gasteiger partial charge in [-0.3, -0.25) is 9.59 Å². The Labute approximate surface area is 225 Å². The molecule has 4 amide bonds. The first-order valence-electron chi connectivity index (χ1n) is 12.7. The van der Waals surface area contributed by atoms with E-state index in [0.717, 1.165) is 17.7 Å². The van der Waals surface area contributed by atoms with Gasteiger partial charge < -0.3 is 15.1 Å². The van der Waals surface area contributed by atoms with Crippen molar-refractivity contribution in [1.82, 2.24) is 25.1 Å². The van der Waals surface area contributed by atoms with Crippen LogP contribution >= 0.6 is 0 Å². The topological polar surface area (TPSA) is 76.2 Å². The van der Waals surface area contributed by atoms with E-state index in [0.29, 0.717) is 18.4 Å². The molecule has 0 bridgehead atoms. The Kier molecular flexibility index (Phi) is 8.45. The van der Waals surface area contributed by atoms with Crippen molar-refractivity contribution in [2.24, 2.45) is 0 Å². The van der Waals surface area contributed by atoms with Crippen LogP contribution in [0.5, 0.6) is 0 Å². The van der Waals surface area contributed by atoms with Crippen molar-refractivity contribution in [2.75, 3.05) is 19.6 Å². The molecule has 2 aromatic carbocycles. The van der Waals surface area contributed by atoms with Crippen LogP contribution in [0.2, 0.25) is 0 Å². The molecule has 0 aromatic heterocycles. The number of hydrazine groups is 1. The molecule has 0 radical (unpaired) electrons. The average molecular weight is 542 g/mol. The van der Waals surface area contributed by atoms with E-state index < -0.39 is 30.0 Å². The van der Waals surface area contributed by atoms with Gasteiger partial charge >= 0.3 is 12.2 Å². The van der Waals surface area contributed by atoms with Crippen molar-refractivity contribution in [2.45, 2.75) is 51.2 Å². The Morgan fingerprint density at radius 1 is 1.10 bits per heavy atom. The molecule has 0 saturated carbocycles. The number of hydrogen-bond donors (Lipinski definition) is 1. The summed E-state index contributed by atoms with van der Waals surface area (Å²) in [5.41, 5.74) is 0.351. The Bertz CT molecular complexity index is 1250. The molecule has 2 saturated heterocycles. The zero-order valence-corrected chi connectivity index (χ0v) is 21.5. The third kappa shape index (κ3) is 6.17. The summed E-state index contributed by atoms with van der Waals surface area (Å²) in [4.78, 5) is 43.2. The van der Waals surface area contributed by atoms with E-state index in [1.807, 2.05) is 37.3 Å². The predicted octanol–water partition coefficient (Wildman–Crippen LogP) is 3.45. The molecule has 11 heteroatoms. The molecular formula is C28H30F3N5O3. The maximum Gasteiger partial charge on any atom is 0.416 e. The Balaban J connectivity index is 1.65. The van der Waals surface area contributed by atoms with Crippen LogP contribution in [0.3, 0.4) is 0 Å². The molecule has 2 fully saturated rings. The van der Waals surface area contributed by atoms with Gasteiger partial charge in [-0.1, -0.05) is 61.7 Å². The lowest BCUT2D eigenvalue weighted by Crippen LogP contribution is -2.76. The van der Waals surface area contributed by atoms with Gasteiger partial charge in [0.2, 0.25) is 11.8 Å².